The summed E-state index contributed by atoms with van der Waals surface area (Å²) in [6.07, 6.45) is 0. The lowest BCUT2D eigenvalue weighted by atomic mass is 10.0. The molecule has 0 bridgehead atoms. The second kappa shape index (κ2) is 5.33. The van der Waals surface area contributed by atoms with Crippen LogP contribution in [0.15, 0.2) is 0 Å². The van der Waals surface area contributed by atoms with Crippen LogP contribution in [0.5, 0.6) is 0 Å². The van der Waals surface area contributed by atoms with Gasteiger partial charge in [0.1, 0.15) is 0 Å². The number of carbonyl (C=O) groups excluding carboxylic acids is 1. The highest BCUT2D eigenvalue weighted by Crippen LogP contribution is 2.16. The Morgan fingerprint density at radius 3 is 2.65 bits per heavy atom. The van der Waals surface area contributed by atoms with Crippen molar-refractivity contribution in [1.82, 2.24) is 15.1 Å². The lowest BCUT2D eigenvalue weighted by Gasteiger charge is -2.43. The van der Waals surface area contributed by atoms with E-state index in [9.17, 15) is 4.79 Å². The number of hydrogen-bond donors (Lipinski definition) is 1. The van der Waals surface area contributed by atoms with Crippen molar-refractivity contribution in [1.29, 1.82) is 0 Å². The van der Waals surface area contributed by atoms with Crippen LogP contribution in [0.1, 0.15) is 13.8 Å². The lowest BCUT2D eigenvalue weighted by molar-refractivity contribution is -0.138. The van der Waals surface area contributed by atoms with Crippen LogP contribution in [0, 0.1) is 0 Å². The molecular formula is C12H23N3O2. The van der Waals surface area contributed by atoms with Gasteiger partial charge in [-0.2, -0.15) is 0 Å². The first kappa shape index (κ1) is 12.8. The molecule has 1 amide bonds. The molecule has 2 aliphatic rings. The van der Waals surface area contributed by atoms with E-state index in [0.717, 1.165) is 32.7 Å². The van der Waals surface area contributed by atoms with Gasteiger partial charge in [0.25, 0.3) is 0 Å². The van der Waals surface area contributed by atoms with E-state index in [1.54, 1.807) is 0 Å². The minimum atomic E-state index is 0.0696. The third kappa shape index (κ3) is 3.18. The zero-order valence-electron chi connectivity index (χ0n) is 10.9. The molecule has 98 valence electrons. The largest absolute Gasteiger partial charge is 0.378 e. The van der Waals surface area contributed by atoms with Gasteiger partial charge in [-0.15, -0.1) is 0 Å². The van der Waals surface area contributed by atoms with Crippen LogP contribution in [-0.4, -0.2) is 73.7 Å². The Labute approximate surface area is 103 Å². The van der Waals surface area contributed by atoms with E-state index in [2.05, 4.69) is 24.1 Å². The normalized spacial score (nSPS) is 25.9. The Morgan fingerprint density at radius 1 is 1.29 bits per heavy atom. The fourth-order valence-corrected chi connectivity index (χ4v) is 2.39. The van der Waals surface area contributed by atoms with Crippen LogP contribution in [0.2, 0.25) is 0 Å². The molecule has 2 fully saturated rings. The van der Waals surface area contributed by atoms with Gasteiger partial charge >= 0.3 is 0 Å². The van der Waals surface area contributed by atoms with Gasteiger partial charge in [-0.25, -0.2) is 0 Å². The number of piperazine rings is 1. The van der Waals surface area contributed by atoms with Crippen LogP contribution in [-0.2, 0) is 9.53 Å². The number of amides is 1. The van der Waals surface area contributed by atoms with Crippen molar-refractivity contribution in [2.45, 2.75) is 19.4 Å². The van der Waals surface area contributed by atoms with Crippen molar-refractivity contribution >= 4 is 5.91 Å². The number of nitrogens with zero attached hydrogens (tertiary/aromatic N) is 2. The minimum absolute atomic E-state index is 0.0696. The first-order chi connectivity index (χ1) is 8.09. The summed E-state index contributed by atoms with van der Waals surface area (Å²) in [4.78, 5) is 16.4. The highest BCUT2D eigenvalue weighted by Gasteiger charge is 2.32. The molecule has 0 unspecified atom stereocenters. The summed E-state index contributed by atoms with van der Waals surface area (Å²) in [6.45, 7) is 10.6. The molecule has 0 spiro atoms. The fraction of sp³-hybridized carbons (Fsp3) is 0.917. The minimum Gasteiger partial charge on any atom is -0.378 e. The molecule has 0 aromatic carbocycles. The fourth-order valence-electron chi connectivity index (χ4n) is 2.39. The van der Waals surface area contributed by atoms with E-state index in [1.165, 1.54) is 0 Å². The van der Waals surface area contributed by atoms with Gasteiger partial charge < -0.3 is 15.0 Å². The molecule has 0 radical (unpaired) electrons. The van der Waals surface area contributed by atoms with Crippen molar-refractivity contribution in [3.8, 4) is 0 Å². The smallest absolute Gasteiger partial charge is 0.236 e. The third-order valence-corrected chi connectivity index (χ3v) is 3.66. The molecule has 0 aromatic heterocycles. The van der Waals surface area contributed by atoms with E-state index >= 15 is 0 Å². The van der Waals surface area contributed by atoms with E-state index < -0.39 is 0 Å². The van der Waals surface area contributed by atoms with Crippen molar-refractivity contribution < 1.29 is 9.53 Å². The number of morpholine rings is 1. The number of ether oxygens (including phenoxy) is 1. The summed E-state index contributed by atoms with van der Waals surface area (Å²) in [7, 11) is 0. The van der Waals surface area contributed by atoms with E-state index in [1.807, 2.05) is 4.90 Å². The molecule has 0 atom stereocenters. The monoisotopic (exact) mass is 241 g/mol. The molecule has 2 saturated heterocycles. The van der Waals surface area contributed by atoms with Gasteiger partial charge in [-0.1, -0.05) is 0 Å². The van der Waals surface area contributed by atoms with Gasteiger partial charge in [-0.05, 0) is 13.8 Å². The summed E-state index contributed by atoms with van der Waals surface area (Å²) in [5, 5.41) is 3.37. The van der Waals surface area contributed by atoms with Gasteiger partial charge in [0.15, 0.2) is 0 Å². The predicted molar refractivity (Wildman–Crippen MR) is 65.9 cm³/mol. The Balaban J connectivity index is 1.88. The molecule has 1 N–H and O–H groups in total. The van der Waals surface area contributed by atoms with Gasteiger partial charge in [0, 0.05) is 38.3 Å². The number of hydrogen-bond acceptors (Lipinski definition) is 4. The molecule has 0 saturated carbocycles. The van der Waals surface area contributed by atoms with E-state index in [4.69, 9.17) is 4.74 Å². The molecule has 2 heterocycles. The van der Waals surface area contributed by atoms with Crippen LogP contribution < -0.4 is 5.32 Å². The van der Waals surface area contributed by atoms with E-state index in [0.29, 0.717) is 19.8 Å². The molecule has 2 aliphatic heterocycles. The maximum Gasteiger partial charge on any atom is 0.236 e. The molecule has 5 nitrogen and oxygen atoms in total. The lowest BCUT2D eigenvalue weighted by Crippen LogP contribution is -2.60. The van der Waals surface area contributed by atoms with Crippen molar-refractivity contribution in [2.24, 2.45) is 0 Å². The molecule has 0 aliphatic carbocycles. The summed E-state index contributed by atoms with van der Waals surface area (Å²) in [6, 6.07) is 0. The number of nitrogens with one attached hydrogen (secondary N) is 1. The highest BCUT2D eigenvalue weighted by molar-refractivity contribution is 5.78. The van der Waals surface area contributed by atoms with Crippen LogP contribution >= 0.6 is 0 Å². The maximum absolute atomic E-state index is 12.2. The Hall–Kier alpha value is -0.650. The van der Waals surface area contributed by atoms with Crippen molar-refractivity contribution in [2.75, 3.05) is 52.5 Å². The van der Waals surface area contributed by atoms with Crippen molar-refractivity contribution in [3.05, 3.63) is 0 Å². The summed E-state index contributed by atoms with van der Waals surface area (Å²) >= 11 is 0. The van der Waals surface area contributed by atoms with Crippen LogP contribution in [0.3, 0.4) is 0 Å². The third-order valence-electron chi connectivity index (χ3n) is 3.66. The summed E-state index contributed by atoms with van der Waals surface area (Å²) < 4.78 is 5.26. The molecule has 0 aromatic rings. The second-order valence-corrected chi connectivity index (χ2v) is 5.40. The topological polar surface area (TPSA) is 44.8 Å². The van der Waals surface area contributed by atoms with Gasteiger partial charge in [0.05, 0.1) is 19.8 Å². The Bertz CT molecular complexity index is 275. The zero-order chi connectivity index (χ0) is 12.3. The van der Waals surface area contributed by atoms with Crippen molar-refractivity contribution in [3.63, 3.8) is 0 Å². The quantitative estimate of drug-likeness (QED) is 0.710. The molecule has 5 heteroatoms. The van der Waals surface area contributed by atoms with E-state index in [-0.39, 0.29) is 11.4 Å². The Kier molecular flexibility index (Phi) is 4.01. The molecular weight excluding hydrogens is 218 g/mol. The van der Waals surface area contributed by atoms with Gasteiger partial charge in [0.2, 0.25) is 5.91 Å². The molecule has 2 rings (SSSR count). The maximum atomic E-state index is 12.2. The van der Waals surface area contributed by atoms with Gasteiger partial charge in [-0.3, -0.25) is 9.69 Å². The number of rotatable bonds is 2. The molecule has 17 heavy (non-hydrogen) atoms. The SMILES string of the molecule is CC1(C)CNCCN1CC(=O)N1CCOCC1. The average molecular weight is 241 g/mol. The first-order valence-electron chi connectivity index (χ1n) is 6.41. The summed E-state index contributed by atoms with van der Waals surface area (Å²) in [5.74, 6) is 0.239. The standard InChI is InChI=1S/C12H23N3O2/c1-12(2)10-13-3-4-15(12)9-11(16)14-5-7-17-8-6-14/h13H,3-10H2,1-2H3. The first-order valence-corrected chi connectivity index (χ1v) is 6.41. The summed E-state index contributed by atoms with van der Waals surface area (Å²) in [5.41, 5.74) is 0.0696. The number of carbonyl (C=O) groups is 1. The predicted octanol–water partition coefficient (Wildman–Crippen LogP) is -0.471. The average Bonchev–Trinajstić information content (AvgIpc) is 2.33. The second-order valence-electron chi connectivity index (χ2n) is 5.40. The van der Waals surface area contributed by atoms with Crippen LogP contribution in [0.25, 0.3) is 0 Å². The highest BCUT2D eigenvalue weighted by atomic mass is 16.5. The van der Waals surface area contributed by atoms with Crippen LogP contribution in [0.4, 0.5) is 0 Å². The Morgan fingerprint density at radius 2 is 2.00 bits per heavy atom. The zero-order valence-corrected chi connectivity index (χ0v) is 10.9.